The van der Waals surface area contributed by atoms with Crippen molar-refractivity contribution in [3.63, 3.8) is 0 Å². The number of esters is 1. The van der Waals surface area contributed by atoms with Crippen LogP contribution in [0.5, 0.6) is 11.5 Å². The smallest absolute Gasteiger partial charge is 0.340 e. The minimum absolute atomic E-state index is 0.0152. The largest absolute Gasteiger partial charge is 0.465 e. The van der Waals surface area contributed by atoms with Crippen LogP contribution < -0.4 is 9.46 Å². The Hall–Kier alpha value is -3.72. The van der Waals surface area contributed by atoms with Crippen LogP contribution >= 0.6 is 0 Å². The molecule has 0 aromatic heterocycles. The summed E-state index contributed by atoms with van der Waals surface area (Å²) >= 11 is 0. The molecule has 0 saturated heterocycles. The minimum Gasteiger partial charge on any atom is -0.465 e. The van der Waals surface area contributed by atoms with Crippen LogP contribution in [-0.4, -0.2) is 21.5 Å². The molecule has 0 aliphatic heterocycles. The predicted molar refractivity (Wildman–Crippen MR) is 116 cm³/mol. The number of hydrogen-bond donors (Lipinski definition) is 1. The molecule has 0 saturated carbocycles. The number of ether oxygens (including phenoxy) is 2. The average molecular weight is 440 g/mol. The molecule has 0 unspecified atom stereocenters. The summed E-state index contributed by atoms with van der Waals surface area (Å²) in [6.45, 7) is 3.56. The highest BCUT2D eigenvalue weighted by molar-refractivity contribution is 7.92. The molecule has 3 aromatic carbocycles. The van der Waals surface area contributed by atoms with Crippen molar-refractivity contribution in [2.24, 2.45) is 5.18 Å². The van der Waals surface area contributed by atoms with E-state index < -0.39 is 16.0 Å². The molecule has 0 radical (unpaired) electrons. The van der Waals surface area contributed by atoms with Gasteiger partial charge < -0.3 is 9.47 Å². The molecular formula is C22H20N2O6S. The van der Waals surface area contributed by atoms with Crippen molar-refractivity contribution in [1.82, 2.24) is 0 Å². The summed E-state index contributed by atoms with van der Waals surface area (Å²) in [5.41, 5.74) is 1.88. The number of benzene rings is 3. The number of carbonyl (C=O) groups excluding carboxylic acids is 1. The van der Waals surface area contributed by atoms with Gasteiger partial charge in [0.25, 0.3) is 10.0 Å². The maximum atomic E-state index is 12.7. The van der Waals surface area contributed by atoms with E-state index in [1.54, 1.807) is 31.2 Å². The zero-order valence-electron chi connectivity index (χ0n) is 17.1. The molecule has 160 valence electrons. The monoisotopic (exact) mass is 440 g/mol. The van der Waals surface area contributed by atoms with E-state index >= 15 is 0 Å². The van der Waals surface area contributed by atoms with Crippen molar-refractivity contribution in [2.45, 2.75) is 18.7 Å². The first-order valence-electron chi connectivity index (χ1n) is 9.17. The lowest BCUT2D eigenvalue weighted by Crippen LogP contribution is -2.16. The van der Waals surface area contributed by atoms with E-state index in [1.165, 1.54) is 43.5 Å². The quantitative estimate of drug-likeness (QED) is 0.405. The first-order chi connectivity index (χ1) is 14.7. The number of carbonyl (C=O) groups is 1. The van der Waals surface area contributed by atoms with Crippen LogP contribution in [0.2, 0.25) is 0 Å². The van der Waals surface area contributed by atoms with Gasteiger partial charge in [0.15, 0.2) is 0 Å². The van der Waals surface area contributed by atoms with Crippen LogP contribution in [0.4, 0.5) is 11.4 Å². The molecule has 0 heterocycles. The van der Waals surface area contributed by atoms with Gasteiger partial charge in [-0.1, -0.05) is 17.7 Å². The number of nitroso groups, excluding NO2 is 1. The van der Waals surface area contributed by atoms with Crippen LogP contribution in [0.25, 0.3) is 0 Å². The summed E-state index contributed by atoms with van der Waals surface area (Å²) < 4.78 is 38.4. The molecule has 9 heteroatoms. The Kier molecular flexibility index (Phi) is 6.36. The number of nitrogens with one attached hydrogen (secondary N) is 1. The molecule has 31 heavy (non-hydrogen) atoms. The zero-order valence-corrected chi connectivity index (χ0v) is 17.9. The Balaban J connectivity index is 1.93. The molecule has 0 bridgehead atoms. The SMILES string of the molecule is COC(=O)c1cc(Oc2ccc(N=O)c(C)c2)ccc1NS(=O)(=O)c1ccc(C)cc1. The van der Waals surface area contributed by atoms with Gasteiger partial charge in [0.1, 0.15) is 17.2 Å². The molecule has 3 aromatic rings. The third-order valence-electron chi connectivity index (χ3n) is 4.47. The van der Waals surface area contributed by atoms with E-state index in [9.17, 15) is 18.1 Å². The van der Waals surface area contributed by atoms with Crippen LogP contribution in [0.1, 0.15) is 21.5 Å². The molecule has 0 atom stereocenters. The number of anilines is 1. The molecule has 0 aliphatic carbocycles. The van der Waals surface area contributed by atoms with Gasteiger partial charge in [-0.3, -0.25) is 4.72 Å². The second kappa shape index (κ2) is 8.97. The molecule has 0 aliphatic rings. The summed E-state index contributed by atoms with van der Waals surface area (Å²) in [6, 6.07) is 15.3. The number of hydrogen-bond acceptors (Lipinski definition) is 7. The van der Waals surface area contributed by atoms with Crippen molar-refractivity contribution in [2.75, 3.05) is 11.8 Å². The second-order valence-corrected chi connectivity index (χ2v) is 8.44. The molecule has 8 nitrogen and oxygen atoms in total. The topological polar surface area (TPSA) is 111 Å². The Morgan fingerprint density at radius 3 is 2.19 bits per heavy atom. The Morgan fingerprint density at radius 2 is 1.58 bits per heavy atom. The van der Waals surface area contributed by atoms with E-state index in [0.29, 0.717) is 17.0 Å². The maximum absolute atomic E-state index is 12.7. The molecule has 0 amide bonds. The Bertz CT molecular complexity index is 1240. The Morgan fingerprint density at radius 1 is 0.935 bits per heavy atom. The van der Waals surface area contributed by atoms with E-state index in [2.05, 4.69) is 9.90 Å². The summed E-state index contributed by atoms with van der Waals surface area (Å²) in [7, 11) is -2.72. The maximum Gasteiger partial charge on any atom is 0.340 e. The molecule has 0 fully saturated rings. The lowest BCUT2D eigenvalue weighted by atomic mass is 10.1. The standard InChI is InChI=1S/C22H20N2O6S/c1-14-4-8-18(9-5-14)31(27,28)24-21-11-7-17(13-19(21)22(25)29-3)30-16-6-10-20(23-26)15(2)12-16/h4-13,24H,1-3H3. The predicted octanol–water partition coefficient (Wildman–Crippen LogP) is 5.08. The molecule has 1 N–H and O–H groups in total. The minimum atomic E-state index is -3.92. The summed E-state index contributed by atoms with van der Waals surface area (Å²) in [5, 5.41) is 2.91. The lowest BCUT2D eigenvalue weighted by molar-refractivity contribution is 0.0601. The molecular weight excluding hydrogens is 420 g/mol. The lowest BCUT2D eigenvalue weighted by Gasteiger charge is -2.14. The number of methoxy groups -OCH3 is 1. The van der Waals surface area contributed by atoms with Gasteiger partial charge in [-0.25, -0.2) is 13.2 Å². The van der Waals surface area contributed by atoms with E-state index in [-0.39, 0.29) is 21.9 Å². The van der Waals surface area contributed by atoms with E-state index in [1.807, 2.05) is 6.92 Å². The highest BCUT2D eigenvalue weighted by Gasteiger charge is 2.20. The molecule has 3 rings (SSSR count). The fourth-order valence-corrected chi connectivity index (χ4v) is 3.89. The normalized spacial score (nSPS) is 10.9. The summed E-state index contributed by atoms with van der Waals surface area (Å²) in [5.74, 6) is -0.0256. The highest BCUT2D eigenvalue weighted by Crippen LogP contribution is 2.31. The van der Waals surface area contributed by atoms with Gasteiger partial charge in [-0.05, 0) is 73.1 Å². The third-order valence-corrected chi connectivity index (χ3v) is 5.86. The number of nitrogens with zero attached hydrogens (tertiary/aromatic N) is 1. The van der Waals surface area contributed by atoms with Crippen molar-refractivity contribution in [3.05, 3.63) is 82.3 Å². The van der Waals surface area contributed by atoms with Gasteiger partial charge >= 0.3 is 5.97 Å². The van der Waals surface area contributed by atoms with Gasteiger partial charge in [-0.15, -0.1) is 4.91 Å². The van der Waals surface area contributed by atoms with Crippen LogP contribution in [0, 0.1) is 18.8 Å². The fourth-order valence-electron chi connectivity index (χ4n) is 2.81. The number of aryl methyl sites for hydroxylation is 2. The zero-order chi connectivity index (χ0) is 22.6. The number of sulfonamides is 1. The van der Waals surface area contributed by atoms with Gasteiger partial charge in [0, 0.05) is 0 Å². The fraction of sp³-hybridized carbons (Fsp3) is 0.136. The van der Waals surface area contributed by atoms with Crippen molar-refractivity contribution in [1.29, 1.82) is 0 Å². The van der Waals surface area contributed by atoms with Crippen molar-refractivity contribution < 1.29 is 22.7 Å². The van der Waals surface area contributed by atoms with Crippen LogP contribution in [-0.2, 0) is 14.8 Å². The second-order valence-electron chi connectivity index (χ2n) is 6.76. The van der Waals surface area contributed by atoms with Gasteiger partial charge in [0.2, 0.25) is 0 Å². The Labute approximate surface area is 179 Å². The molecule has 0 spiro atoms. The number of rotatable bonds is 7. The van der Waals surface area contributed by atoms with Crippen LogP contribution in [0.3, 0.4) is 0 Å². The van der Waals surface area contributed by atoms with E-state index in [4.69, 9.17) is 9.47 Å². The van der Waals surface area contributed by atoms with Gasteiger partial charge in [-0.2, -0.15) is 0 Å². The average Bonchev–Trinajstić information content (AvgIpc) is 2.74. The first kappa shape index (κ1) is 22.0. The summed E-state index contributed by atoms with van der Waals surface area (Å²) in [4.78, 5) is 23.1. The van der Waals surface area contributed by atoms with E-state index in [0.717, 1.165) is 5.56 Å². The summed E-state index contributed by atoms with van der Waals surface area (Å²) in [6.07, 6.45) is 0. The third kappa shape index (κ3) is 5.07. The highest BCUT2D eigenvalue weighted by atomic mass is 32.2. The first-order valence-corrected chi connectivity index (χ1v) is 10.7. The van der Waals surface area contributed by atoms with Gasteiger partial charge in [0.05, 0.1) is 23.3 Å². The van der Waals surface area contributed by atoms with Crippen molar-refractivity contribution in [3.8, 4) is 11.5 Å². The van der Waals surface area contributed by atoms with Crippen molar-refractivity contribution >= 4 is 27.4 Å². The van der Waals surface area contributed by atoms with Crippen LogP contribution in [0.15, 0.2) is 70.7 Å².